The van der Waals surface area contributed by atoms with E-state index in [1.807, 2.05) is 19.3 Å². The van der Waals surface area contributed by atoms with Crippen LogP contribution in [0.2, 0.25) is 0 Å². The van der Waals surface area contributed by atoms with E-state index in [0.29, 0.717) is 0 Å². The quantitative estimate of drug-likeness (QED) is 0.405. The second kappa shape index (κ2) is 5.99. The van der Waals surface area contributed by atoms with Crippen LogP contribution in [0.3, 0.4) is 0 Å². The molecule has 0 atom stereocenters. The van der Waals surface area contributed by atoms with Crippen LogP contribution in [0.25, 0.3) is 37.5 Å². The SMILES string of the molecule is Cc1nc(-n2cnc3cc(C)c(C)cc32)c2cc(-c3ccccc3)sc2n1. The lowest BCUT2D eigenvalue weighted by molar-refractivity contribution is 0.984. The number of hydrogen-bond donors (Lipinski definition) is 0. The maximum atomic E-state index is 4.77. The summed E-state index contributed by atoms with van der Waals surface area (Å²) in [6.45, 7) is 6.19. The van der Waals surface area contributed by atoms with E-state index in [1.54, 1.807) is 11.3 Å². The Morgan fingerprint density at radius 3 is 2.48 bits per heavy atom. The largest absolute Gasteiger partial charge is 0.282 e. The highest BCUT2D eigenvalue weighted by Gasteiger charge is 2.15. The third-order valence-electron chi connectivity index (χ3n) is 4.93. The van der Waals surface area contributed by atoms with Gasteiger partial charge in [0.15, 0.2) is 5.82 Å². The fourth-order valence-electron chi connectivity index (χ4n) is 3.37. The molecule has 132 valence electrons. The van der Waals surface area contributed by atoms with Gasteiger partial charge in [-0.2, -0.15) is 0 Å². The number of fused-ring (bicyclic) bond motifs is 2. The van der Waals surface area contributed by atoms with Crippen molar-refractivity contribution in [1.82, 2.24) is 19.5 Å². The van der Waals surface area contributed by atoms with Crippen molar-refractivity contribution < 1.29 is 0 Å². The molecule has 5 heteroatoms. The van der Waals surface area contributed by atoms with Crippen molar-refractivity contribution in [3.05, 3.63) is 71.8 Å². The van der Waals surface area contributed by atoms with Crippen LogP contribution in [-0.2, 0) is 0 Å². The van der Waals surface area contributed by atoms with Crippen molar-refractivity contribution >= 4 is 32.6 Å². The number of nitrogens with zero attached hydrogens (tertiary/aromatic N) is 4. The van der Waals surface area contributed by atoms with Gasteiger partial charge in [0.1, 0.15) is 17.0 Å². The minimum absolute atomic E-state index is 0.768. The molecule has 0 radical (unpaired) electrons. The molecule has 0 spiro atoms. The summed E-state index contributed by atoms with van der Waals surface area (Å²) in [6, 6.07) is 16.9. The molecule has 0 fully saturated rings. The van der Waals surface area contributed by atoms with E-state index in [2.05, 4.69) is 70.8 Å². The monoisotopic (exact) mass is 370 g/mol. The first-order valence-electron chi connectivity index (χ1n) is 8.88. The van der Waals surface area contributed by atoms with Crippen LogP contribution in [0, 0.1) is 20.8 Å². The number of aromatic nitrogens is 4. The molecule has 2 aromatic carbocycles. The van der Waals surface area contributed by atoms with Crippen LogP contribution in [-0.4, -0.2) is 19.5 Å². The third-order valence-corrected chi connectivity index (χ3v) is 6.01. The van der Waals surface area contributed by atoms with Gasteiger partial charge < -0.3 is 0 Å². The molecule has 0 saturated heterocycles. The maximum Gasteiger partial charge on any atom is 0.150 e. The lowest BCUT2D eigenvalue weighted by atomic mass is 10.1. The Bertz CT molecular complexity index is 1300. The van der Waals surface area contributed by atoms with Crippen LogP contribution in [0.15, 0.2) is 54.9 Å². The van der Waals surface area contributed by atoms with Gasteiger partial charge in [0, 0.05) is 4.88 Å². The molecule has 0 N–H and O–H groups in total. The van der Waals surface area contributed by atoms with E-state index in [0.717, 1.165) is 32.9 Å². The molecular formula is C22H18N4S. The molecule has 0 bridgehead atoms. The van der Waals surface area contributed by atoms with E-state index in [9.17, 15) is 0 Å². The van der Waals surface area contributed by atoms with Gasteiger partial charge in [0.25, 0.3) is 0 Å². The second-order valence-corrected chi connectivity index (χ2v) is 7.86. The summed E-state index contributed by atoms with van der Waals surface area (Å²) in [5, 5.41) is 1.06. The zero-order valence-corrected chi connectivity index (χ0v) is 16.2. The van der Waals surface area contributed by atoms with E-state index in [1.165, 1.54) is 21.6 Å². The lowest BCUT2D eigenvalue weighted by Gasteiger charge is -2.07. The average molecular weight is 370 g/mol. The molecule has 0 amide bonds. The zero-order valence-electron chi connectivity index (χ0n) is 15.4. The van der Waals surface area contributed by atoms with Crippen LogP contribution in [0.4, 0.5) is 0 Å². The summed E-state index contributed by atoms with van der Waals surface area (Å²) < 4.78 is 2.08. The van der Waals surface area contributed by atoms with E-state index < -0.39 is 0 Å². The van der Waals surface area contributed by atoms with E-state index in [-0.39, 0.29) is 0 Å². The molecule has 4 nitrogen and oxygen atoms in total. The number of benzene rings is 2. The highest BCUT2D eigenvalue weighted by molar-refractivity contribution is 7.21. The summed E-state index contributed by atoms with van der Waals surface area (Å²) in [5.41, 5.74) is 5.76. The smallest absolute Gasteiger partial charge is 0.150 e. The first-order chi connectivity index (χ1) is 13.1. The molecule has 0 aliphatic carbocycles. The Kier molecular flexibility index (Phi) is 3.58. The normalized spacial score (nSPS) is 11.5. The van der Waals surface area contributed by atoms with Crippen LogP contribution in [0.1, 0.15) is 17.0 Å². The van der Waals surface area contributed by atoms with E-state index in [4.69, 9.17) is 4.98 Å². The van der Waals surface area contributed by atoms with Crippen molar-refractivity contribution in [3.63, 3.8) is 0 Å². The fourth-order valence-corrected chi connectivity index (χ4v) is 4.45. The molecule has 0 unspecified atom stereocenters. The highest BCUT2D eigenvalue weighted by atomic mass is 32.1. The number of rotatable bonds is 2. The van der Waals surface area contributed by atoms with Crippen molar-refractivity contribution in [2.45, 2.75) is 20.8 Å². The van der Waals surface area contributed by atoms with Gasteiger partial charge in [0.2, 0.25) is 0 Å². The number of hydrogen-bond acceptors (Lipinski definition) is 4. The Labute approximate surface area is 161 Å². The fraction of sp³-hybridized carbons (Fsp3) is 0.136. The van der Waals surface area contributed by atoms with Crippen LogP contribution < -0.4 is 0 Å². The van der Waals surface area contributed by atoms with Crippen molar-refractivity contribution in [3.8, 4) is 16.3 Å². The highest BCUT2D eigenvalue weighted by Crippen LogP contribution is 2.35. The van der Waals surface area contributed by atoms with Gasteiger partial charge in [-0.1, -0.05) is 30.3 Å². The molecule has 0 saturated carbocycles. The molecule has 3 heterocycles. The Morgan fingerprint density at radius 1 is 0.889 bits per heavy atom. The van der Waals surface area contributed by atoms with Crippen LogP contribution >= 0.6 is 11.3 Å². The molecular weight excluding hydrogens is 352 g/mol. The summed E-state index contributed by atoms with van der Waals surface area (Å²) >= 11 is 1.70. The minimum atomic E-state index is 0.768. The van der Waals surface area contributed by atoms with Gasteiger partial charge in [-0.15, -0.1) is 11.3 Å². The summed E-state index contributed by atoms with van der Waals surface area (Å²) in [5.74, 6) is 1.66. The number of aryl methyl sites for hydroxylation is 3. The Morgan fingerprint density at radius 2 is 1.67 bits per heavy atom. The predicted octanol–water partition coefficient (Wildman–Crippen LogP) is 5.62. The molecule has 0 aliphatic heterocycles. The first-order valence-corrected chi connectivity index (χ1v) is 9.70. The Balaban J connectivity index is 1.78. The molecule has 27 heavy (non-hydrogen) atoms. The molecule has 3 aromatic heterocycles. The van der Waals surface area contributed by atoms with Crippen molar-refractivity contribution in [2.75, 3.05) is 0 Å². The molecule has 0 aliphatic rings. The Hall–Kier alpha value is -3.05. The third kappa shape index (κ3) is 2.62. The summed E-state index contributed by atoms with van der Waals surface area (Å²) in [6.07, 6.45) is 1.87. The summed E-state index contributed by atoms with van der Waals surface area (Å²) in [4.78, 5) is 16.3. The molecule has 5 aromatic rings. The second-order valence-electron chi connectivity index (χ2n) is 6.83. The van der Waals surface area contributed by atoms with Gasteiger partial charge in [-0.3, -0.25) is 4.57 Å². The molecule has 5 rings (SSSR count). The van der Waals surface area contributed by atoms with Crippen molar-refractivity contribution in [2.24, 2.45) is 0 Å². The number of thiophene rings is 1. The standard InChI is InChI=1S/C22H18N4S/c1-13-9-18-19(10-14(13)2)26(12-23-18)21-17-11-20(16-7-5-4-6-8-16)27-22(17)25-15(3)24-21/h4-12H,1-3H3. The van der Waals surface area contributed by atoms with Gasteiger partial charge in [-0.25, -0.2) is 15.0 Å². The van der Waals surface area contributed by atoms with E-state index >= 15 is 0 Å². The van der Waals surface area contributed by atoms with Crippen LogP contribution in [0.5, 0.6) is 0 Å². The summed E-state index contributed by atoms with van der Waals surface area (Å²) in [7, 11) is 0. The predicted molar refractivity (Wildman–Crippen MR) is 112 cm³/mol. The zero-order chi connectivity index (χ0) is 18.5. The first kappa shape index (κ1) is 16.1. The maximum absolute atomic E-state index is 4.77. The number of imidazole rings is 1. The lowest BCUT2D eigenvalue weighted by Crippen LogP contribution is -2.00. The van der Waals surface area contributed by atoms with Crippen molar-refractivity contribution in [1.29, 1.82) is 0 Å². The van der Waals surface area contributed by atoms with Gasteiger partial charge in [0.05, 0.1) is 16.4 Å². The average Bonchev–Trinajstić information content (AvgIpc) is 3.26. The minimum Gasteiger partial charge on any atom is -0.282 e. The topological polar surface area (TPSA) is 43.6 Å². The van der Waals surface area contributed by atoms with Gasteiger partial charge in [-0.05, 0) is 55.7 Å². The van der Waals surface area contributed by atoms with Gasteiger partial charge >= 0.3 is 0 Å².